The summed E-state index contributed by atoms with van der Waals surface area (Å²) in [6, 6.07) is -12.3. The fourth-order valence-electron chi connectivity index (χ4n) is 17.8. The minimum absolute atomic E-state index is 0.0302. The molecule has 12 atom stereocenters. The van der Waals surface area contributed by atoms with E-state index in [1.807, 2.05) is 27.7 Å². The third-order valence-corrected chi connectivity index (χ3v) is 24.3. The lowest BCUT2D eigenvalue weighted by atomic mass is 9.58. The normalized spacial score (nSPS) is 31.9. The number of carbonyl (C=O) groups is 12. The van der Waals surface area contributed by atoms with E-state index < -0.39 is 261 Å². The first kappa shape index (κ1) is 90.9. The molecule has 34 heteroatoms. The highest BCUT2D eigenvalue weighted by Gasteiger charge is 2.60. The van der Waals surface area contributed by atoms with Crippen molar-refractivity contribution in [3.63, 3.8) is 0 Å². The maximum Gasteiger partial charge on any atom is 0.397 e. The second-order valence-corrected chi connectivity index (χ2v) is 33.3. The predicted octanol–water partition coefficient (Wildman–Crippen LogP) is 7.08. The van der Waals surface area contributed by atoms with Crippen molar-refractivity contribution >= 4 is 70.9 Å². The monoisotopic (exact) mass is 1590 g/mol. The molecule has 3 aliphatic heterocycles. The van der Waals surface area contributed by atoms with Crippen LogP contribution in [0, 0.1) is 40.9 Å². The summed E-state index contributed by atoms with van der Waals surface area (Å²) in [6.45, 7) is 7.97. The number of ether oxygens (including phenoxy) is 1. The molecular formula is C77H119F9N12O13. The molecule has 2 saturated heterocycles. The maximum atomic E-state index is 16.3. The quantitative estimate of drug-likeness (QED) is 0.0841. The standard InChI is InChI=1S/C77H119F9N12O13/c1-14-31-90(7)68(105)56-38-60(100)94(11)58(42-111-33-15-2)65(102)88-63(45(4)16-3)71(108)92(9)41-61(101)93(10)54-24-18-17-21-32-97(70(54)107)57(36-46-25-28-49(29-26-46)76(81,82)83)69(106)91(8)40-59(99)87-53(30-27-47-34-51(79)62(52(80)35-47)77(84,85)86)67(104)98-39-50(78)37-55(98)66(103)89-75(43-74(5,6)44-75)73(110)96(13)64(72(109)95(56)12)48-22-19-20-23-48/h17-18,45-58,62-64H,14-16,19-44H2,1-13H3,(H,87,99)(H,88,102)(H,89,103)/b18-17-/t45-,46?,47?,49?,50+,51?,52?,53-,54-,55-,56-,57-,58-,62?,63-,64-/m0/s1. The lowest BCUT2D eigenvalue weighted by molar-refractivity contribution is -0.219. The van der Waals surface area contributed by atoms with Gasteiger partial charge in [-0.25, -0.2) is 13.2 Å². The zero-order chi connectivity index (χ0) is 82.7. The molecule has 4 saturated carbocycles. The number of hydrogen-bond acceptors (Lipinski definition) is 13. The fraction of sp³-hybridized carbons (Fsp3) is 0.818. The van der Waals surface area contributed by atoms with E-state index in [-0.39, 0.29) is 77.5 Å². The Hall–Kier alpha value is -7.29. The number of likely N-dealkylation sites (N-methyl/N-ethyl adjacent to an activating group) is 7. The molecule has 1 spiro atoms. The van der Waals surface area contributed by atoms with E-state index in [2.05, 4.69) is 16.0 Å². The molecule has 0 aromatic heterocycles. The second kappa shape index (κ2) is 38.7. The van der Waals surface area contributed by atoms with Crippen molar-refractivity contribution in [2.75, 3.05) is 95.3 Å². The molecule has 3 N–H and O–H groups in total. The van der Waals surface area contributed by atoms with Crippen molar-refractivity contribution < 1.29 is 102 Å². The Kier molecular flexibility index (Phi) is 31.7. The Balaban J connectivity index is 1.34. The summed E-state index contributed by atoms with van der Waals surface area (Å²) in [5.74, 6) is -18.0. The van der Waals surface area contributed by atoms with E-state index in [4.69, 9.17) is 4.74 Å². The largest absolute Gasteiger partial charge is 0.397 e. The Labute approximate surface area is 646 Å². The van der Waals surface area contributed by atoms with E-state index >= 15 is 46.7 Å². The Morgan fingerprint density at radius 1 is 0.649 bits per heavy atom. The summed E-state index contributed by atoms with van der Waals surface area (Å²) in [5.41, 5.74) is -2.52. The van der Waals surface area contributed by atoms with Crippen molar-refractivity contribution in [2.45, 2.75) is 268 Å². The van der Waals surface area contributed by atoms with Crippen molar-refractivity contribution in [1.29, 1.82) is 0 Å². The van der Waals surface area contributed by atoms with Gasteiger partial charge in [-0.3, -0.25) is 57.5 Å². The zero-order valence-electron chi connectivity index (χ0n) is 66.7. The SMILES string of the molecule is CCCOC[C@H]1C(=O)N[C@@H]([C@@H](C)CC)C(=O)N(C)CC(=O)N(C)[C@H]2C/C=C\CCN(C2=O)[C@@H](CC2CCC(C(F)(F)F)CC2)C(=O)N(C)CC(=O)N[C@@H](CCC2CC(F)C(C(F)(F)F)C(F)C2)C(=O)N2C[C@H](F)C[C@H]2C(=O)NC2(CC(C)(C)C2)C(=O)N(C)[C@@H](C2CCCC2)C(=O)N(C)[C@H](C(=O)N(C)CCC)CC(=O)N1C. The van der Waals surface area contributed by atoms with Crippen LogP contribution >= 0.6 is 0 Å². The molecule has 0 aromatic rings. The topological polar surface area (TPSA) is 279 Å². The van der Waals surface area contributed by atoms with Crippen LogP contribution in [0.3, 0.4) is 0 Å². The number of fused-ring (bicyclic) bond motifs is 3. The summed E-state index contributed by atoms with van der Waals surface area (Å²) < 4.78 is 137. The number of alkyl halides is 9. The lowest BCUT2D eigenvalue weighted by Crippen LogP contribution is -2.71. The average Bonchev–Trinajstić information content (AvgIpc) is 1.36. The van der Waals surface area contributed by atoms with Crippen molar-refractivity contribution in [2.24, 2.45) is 40.9 Å². The van der Waals surface area contributed by atoms with Gasteiger partial charge >= 0.3 is 12.4 Å². The molecule has 111 heavy (non-hydrogen) atoms. The van der Waals surface area contributed by atoms with Gasteiger partial charge in [0.1, 0.15) is 78.3 Å². The van der Waals surface area contributed by atoms with Crippen LogP contribution in [0.25, 0.3) is 0 Å². The third kappa shape index (κ3) is 22.4. The first-order valence-electron chi connectivity index (χ1n) is 39.5. The molecule has 7 aliphatic rings. The number of nitrogens with zero attached hydrogens (tertiary/aromatic N) is 9. The molecule has 0 aromatic carbocycles. The van der Waals surface area contributed by atoms with Crippen LogP contribution in [0.15, 0.2) is 12.2 Å². The van der Waals surface area contributed by atoms with Crippen molar-refractivity contribution in [3.8, 4) is 0 Å². The van der Waals surface area contributed by atoms with E-state index in [1.54, 1.807) is 26.0 Å². The molecule has 6 fully saturated rings. The van der Waals surface area contributed by atoms with Crippen LogP contribution in [0.2, 0.25) is 0 Å². The smallest absolute Gasteiger partial charge is 0.379 e. The van der Waals surface area contributed by atoms with Gasteiger partial charge < -0.3 is 64.8 Å². The van der Waals surface area contributed by atoms with Gasteiger partial charge in [0, 0.05) is 75.5 Å². The molecule has 0 radical (unpaired) electrons. The van der Waals surface area contributed by atoms with Gasteiger partial charge in [0.15, 0.2) is 0 Å². The molecular weight excluding hydrogens is 1470 g/mol. The van der Waals surface area contributed by atoms with E-state index in [1.165, 1.54) is 64.0 Å². The minimum Gasteiger partial charge on any atom is -0.379 e. The summed E-state index contributed by atoms with van der Waals surface area (Å²) in [4.78, 5) is 192. The third-order valence-electron chi connectivity index (χ3n) is 24.3. The van der Waals surface area contributed by atoms with Gasteiger partial charge in [-0.15, -0.1) is 0 Å². The molecule has 4 aliphatic carbocycles. The highest BCUT2D eigenvalue weighted by molar-refractivity contribution is 6.01. The van der Waals surface area contributed by atoms with Crippen LogP contribution in [0.1, 0.15) is 183 Å². The number of halogens is 9. The Morgan fingerprint density at radius 2 is 1.27 bits per heavy atom. The summed E-state index contributed by atoms with van der Waals surface area (Å²) in [5, 5.41) is 8.16. The fourth-order valence-corrected chi connectivity index (χ4v) is 17.8. The van der Waals surface area contributed by atoms with Gasteiger partial charge in [-0.05, 0) is 138 Å². The second-order valence-electron chi connectivity index (χ2n) is 33.3. The molecule has 3 heterocycles. The van der Waals surface area contributed by atoms with Gasteiger partial charge in [-0.2, -0.15) is 26.3 Å². The Morgan fingerprint density at radius 3 is 1.85 bits per heavy atom. The van der Waals surface area contributed by atoms with Gasteiger partial charge in [0.2, 0.25) is 70.9 Å². The van der Waals surface area contributed by atoms with Crippen LogP contribution in [0.4, 0.5) is 39.5 Å². The number of amides is 12. The highest BCUT2D eigenvalue weighted by Crippen LogP contribution is 2.50. The lowest BCUT2D eigenvalue weighted by Gasteiger charge is -2.54. The predicted molar refractivity (Wildman–Crippen MR) is 391 cm³/mol. The molecule has 2 unspecified atom stereocenters. The van der Waals surface area contributed by atoms with E-state index in [0.29, 0.717) is 44.9 Å². The molecule has 2 bridgehead atoms. The van der Waals surface area contributed by atoms with Gasteiger partial charge in [0.25, 0.3) is 0 Å². The van der Waals surface area contributed by atoms with Gasteiger partial charge in [-0.1, -0.05) is 73.0 Å². The first-order chi connectivity index (χ1) is 51.9. The Bertz CT molecular complexity index is 3320. The van der Waals surface area contributed by atoms with Crippen molar-refractivity contribution in [3.05, 3.63) is 12.2 Å². The molecule has 628 valence electrons. The molecule has 12 amide bonds. The minimum atomic E-state index is -5.25. The van der Waals surface area contributed by atoms with Crippen LogP contribution in [-0.4, -0.2) is 295 Å². The number of hydrogen-bond donors (Lipinski definition) is 3. The summed E-state index contributed by atoms with van der Waals surface area (Å²) >= 11 is 0. The van der Waals surface area contributed by atoms with E-state index in [0.717, 1.165) is 29.4 Å². The zero-order valence-corrected chi connectivity index (χ0v) is 66.7. The molecule has 25 nitrogen and oxygen atoms in total. The van der Waals surface area contributed by atoms with Gasteiger partial charge in [0.05, 0.1) is 38.6 Å². The average molecular weight is 1590 g/mol. The molecule has 7 rings (SSSR count). The number of nitrogens with one attached hydrogen (secondary N) is 3. The summed E-state index contributed by atoms with van der Waals surface area (Å²) in [6.07, 6.45) is -15.5. The summed E-state index contributed by atoms with van der Waals surface area (Å²) in [7, 11) is 9.27. The highest BCUT2D eigenvalue weighted by atomic mass is 19.4. The van der Waals surface area contributed by atoms with Crippen molar-refractivity contribution in [1.82, 2.24) is 60.0 Å². The first-order valence-corrected chi connectivity index (χ1v) is 39.5. The van der Waals surface area contributed by atoms with E-state index in [9.17, 15) is 50.3 Å². The van der Waals surface area contributed by atoms with Crippen LogP contribution in [0.5, 0.6) is 0 Å². The van der Waals surface area contributed by atoms with Crippen LogP contribution in [-0.2, 0) is 62.3 Å². The number of carbonyl (C=O) groups excluding carboxylic acids is 12. The number of rotatable bonds is 15. The van der Waals surface area contributed by atoms with Crippen LogP contribution < -0.4 is 16.0 Å². The maximum absolute atomic E-state index is 16.3.